The normalized spacial score (nSPS) is 16.4. The molecule has 0 saturated heterocycles. The summed E-state index contributed by atoms with van der Waals surface area (Å²) >= 11 is 1.41. The molecule has 1 aliphatic heterocycles. The van der Waals surface area contributed by atoms with Gasteiger partial charge in [0.2, 0.25) is 5.91 Å². The highest BCUT2D eigenvalue weighted by atomic mass is 32.1. The van der Waals surface area contributed by atoms with Crippen LogP contribution in [0.15, 0.2) is 17.5 Å². The summed E-state index contributed by atoms with van der Waals surface area (Å²) in [4.78, 5) is 18.8. The summed E-state index contributed by atoms with van der Waals surface area (Å²) in [5.74, 6) is 1.56. The molecule has 2 N–H and O–H groups in total. The van der Waals surface area contributed by atoms with Crippen LogP contribution in [0.25, 0.3) is 0 Å². The molecule has 0 spiro atoms. The van der Waals surface area contributed by atoms with Crippen LogP contribution in [0.5, 0.6) is 11.5 Å². The molecule has 1 aromatic heterocycles. The van der Waals surface area contributed by atoms with Gasteiger partial charge in [-0.3, -0.25) is 4.79 Å². The van der Waals surface area contributed by atoms with E-state index in [9.17, 15) is 4.79 Å². The first-order valence-corrected chi connectivity index (χ1v) is 9.15. The van der Waals surface area contributed by atoms with Crippen molar-refractivity contribution in [3.8, 4) is 11.5 Å². The number of thiazole rings is 1. The summed E-state index contributed by atoms with van der Waals surface area (Å²) in [5.41, 5.74) is 8.86. The first-order chi connectivity index (χ1) is 12.0. The Morgan fingerprint density at radius 2 is 2.08 bits per heavy atom. The van der Waals surface area contributed by atoms with E-state index in [1.165, 1.54) is 16.9 Å². The van der Waals surface area contributed by atoms with Gasteiger partial charge in [0.1, 0.15) is 0 Å². The van der Waals surface area contributed by atoms with Gasteiger partial charge >= 0.3 is 0 Å². The number of ether oxygens (including phenoxy) is 2. The fourth-order valence-electron chi connectivity index (χ4n) is 3.30. The Hall–Kier alpha value is -2.28. The fourth-order valence-corrected chi connectivity index (χ4v) is 3.90. The van der Waals surface area contributed by atoms with Crippen LogP contribution in [0.1, 0.15) is 36.2 Å². The molecule has 134 valence electrons. The second kappa shape index (κ2) is 7.31. The van der Waals surface area contributed by atoms with Crippen molar-refractivity contribution in [3.63, 3.8) is 0 Å². The van der Waals surface area contributed by atoms with Crippen LogP contribution in [0.2, 0.25) is 0 Å². The van der Waals surface area contributed by atoms with Crippen LogP contribution < -0.4 is 15.2 Å². The summed E-state index contributed by atoms with van der Waals surface area (Å²) < 4.78 is 10.8. The SMILES string of the molecule is COc1cc2c(cc1OC)C(C)N(C(=O)CCc1csc(N)n1)CC2. The van der Waals surface area contributed by atoms with Crippen LogP contribution in [-0.2, 0) is 17.6 Å². The van der Waals surface area contributed by atoms with Gasteiger partial charge in [-0.15, -0.1) is 11.3 Å². The predicted molar refractivity (Wildman–Crippen MR) is 98.2 cm³/mol. The van der Waals surface area contributed by atoms with Gasteiger partial charge in [0.15, 0.2) is 16.6 Å². The van der Waals surface area contributed by atoms with Gasteiger partial charge in [-0.25, -0.2) is 4.98 Å². The molecule has 25 heavy (non-hydrogen) atoms. The molecule has 3 rings (SSSR count). The number of hydrogen-bond acceptors (Lipinski definition) is 6. The van der Waals surface area contributed by atoms with Crippen molar-refractivity contribution in [1.82, 2.24) is 9.88 Å². The summed E-state index contributed by atoms with van der Waals surface area (Å²) in [6, 6.07) is 4.01. The van der Waals surface area contributed by atoms with Crippen molar-refractivity contribution >= 4 is 22.4 Å². The molecule has 0 saturated carbocycles. The third-order valence-electron chi connectivity index (χ3n) is 4.67. The molecule has 1 aromatic carbocycles. The standard InChI is InChI=1S/C18H23N3O3S/c1-11-14-9-16(24-3)15(23-2)8-12(14)6-7-21(11)17(22)5-4-13-10-25-18(19)20-13/h8-11H,4-7H2,1-3H3,(H2,19,20). The van der Waals surface area contributed by atoms with Gasteiger partial charge in [0.05, 0.1) is 26.0 Å². The Kier molecular flexibility index (Phi) is 5.13. The van der Waals surface area contributed by atoms with Gasteiger partial charge in [0.25, 0.3) is 0 Å². The average Bonchev–Trinajstić information content (AvgIpc) is 3.04. The van der Waals surface area contributed by atoms with Gasteiger partial charge < -0.3 is 20.1 Å². The number of nitrogens with two attached hydrogens (primary N) is 1. The monoisotopic (exact) mass is 361 g/mol. The van der Waals surface area contributed by atoms with Crippen molar-refractivity contribution in [1.29, 1.82) is 0 Å². The Balaban J connectivity index is 1.74. The smallest absolute Gasteiger partial charge is 0.223 e. The molecule has 2 heterocycles. The second-order valence-corrected chi connectivity index (χ2v) is 6.99. The van der Waals surface area contributed by atoms with E-state index in [2.05, 4.69) is 11.9 Å². The average molecular weight is 361 g/mol. The lowest BCUT2D eigenvalue weighted by molar-refractivity contribution is -0.133. The number of amides is 1. The molecule has 1 atom stereocenters. The topological polar surface area (TPSA) is 77.7 Å². The first-order valence-electron chi connectivity index (χ1n) is 8.27. The molecular formula is C18H23N3O3S. The molecule has 1 aliphatic rings. The number of carbonyl (C=O) groups is 1. The van der Waals surface area contributed by atoms with Crippen LogP contribution in [0, 0.1) is 0 Å². The molecule has 6 nitrogen and oxygen atoms in total. The summed E-state index contributed by atoms with van der Waals surface area (Å²) in [6.45, 7) is 2.77. The number of benzene rings is 1. The minimum absolute atomic E-state index is 0.0107. The minimum atomic E-state index is 0.0107. The number of nitrogens with zero attached hydrogens (tertiary/aromatic N) is 2. The van der Waals surface area contributed by atoms with Crippen LogP contribution in [0.3, 0.4) is 0 Å². The molecule has 0 aliphatic carbocycles. The second-order valence-electron chi connectivity index (χ2n) is 6.10. The van der Waals surface area contributed by atoms with Gasteiger partial charge in [-0.2, -0.15) is 0 Å². The Morgan fingerprint density at radius 1 is 1.36 bits per heavy atom. The van der Waals surface area contributed by atoms with Crippen molar-refractivity contribution in [2.45, 2.75) is 32.2 Å². The zero-order valence-electron chi connectivity index (χ0n) is 14.7. The van der Waals surface area contributed by atoms with E-state index in [0.717, 1.165) is 23.4 Å². The maximum Gasteiger partial charge on any atom is 0.223 e. The summed E-state index contributed by atoms with van der Waals surface area (Å²) in [5, 5.41) is 2.46. The van der Waals surface area contributed by atoms with E-state index in [0.29, 0.717) is 30.3 Å². The number of methoxy groups -OCH3 is 2. The molecule has 2 aromatic rings. The lowest BCUT2D eigenvalue weighted by Crippen LogP contribution is -2.39. The zero-order chi connectivity index (χ0) is 18.0. The quantitative estimate of drug-likeness (QED) is 0.886. The molecule has 0 fully saturated rings. The van der Waals surface area contributed by atoms with Crippen molar-refractivity contribution in [2.75, 3.05) is 26.5 Å². The third-order valence-corrected chi connectivity index (χ3v) is 5.39. The van der Waals surface area contributed by atoms with Crippen molar-refractivity contribution < 1.29 is 14.3 Å². The third kappa shape index (κ3) is 3.56. The van der Waals surface area contributed by atoms with E-state index >= 15 is 0 Å². The van der Waals surface area contributed by atoms with Crippen molar-refractivity contribution in [2.24, 2.45) is 0 Å². The highest BCUT2D eigenvalue weighted by Gasteiger charge is 2.28. The first kappa shape index (κ1) is 17.5. The number of anilines is 1. The number of nitrogen functional groups attached to an aromatic ring is 1. The molecular weight excluding hydrogens is 338 g/mol. The summed E-state index contributed by atoms with van der Waals surface area (Å²) in [7, 11) is 3.26. The molecule has 7 heteroatoms. The number of aryl methyl sites for hydroxylation is 1. The number of carbonyl (C=O) groups excluding carboxylic acids is 1. The number of rotatable bonds is 5. The Bertz CT molecular complexity index is 775. The molecule has 0 bridgehead atoms. The number of hydrogen-bond donors (Lipinski definition) is 1. The van der Waals surface area contributed by atoms with Gasteiger partial charge in [0, 0.05) is 18.3 Å². The zero-order valence-corrected chi connectivity index (χ0v) is 15.6. The lowest BCUT2D eigenvalue weighted by Gasteiger charge is -2.36. The summed E-state index contributed by atoms with van der Waals surface area (Å²) in [6.07, 6.45) is 1.88. The number of fused-ring (bicyclic) bond motifs is 1. The largest absolute Gasteiger partial charge is 0.493 e. The highest BCUT2D eigenvalue weighted by molar-refractivity contribution is 7.13. The van der Waals surface area contributed by atoms with E-state index in [4.69, 9.17) is 15.2 Å². The molecule has 1 unspecified atom stereocenters. The van der Waals surface area contributed by atoms with Gasteiger partial charge in [-0.05, 0) is 43.0 Å². The van der Waals surface area contributed by atoms with E-state index in [1.807, 2.05) is 22.4 Å². The predicted octanol–water partition coefficient (Wildman–Crippen LogP) is 2.82. The van der Waals surface area contributed by atoms with Crippen LogP contribution in [0.4, 0.5) is 5.13 Å². The Morgan fingerprint density at radius 3 is 2.72 bits per heavy atom. The van der Waals surface area contributed by atoms with Crippen LogP contribution in [-0.4, -0.2) is 36.6 Å². The molecule has 1 amide bonds. The van der Waals surface area contributed by atoms with Crippen LogP contribution >= 0.6 is 11.3 Å². The maximum atomic E-state index is 12.7. The number of aromatic nitrogens is 1. The Labute approximate surface area is 151 Å². The highest BCUT2D eigenvalue weighted by Crippen LogP contribution is 2.38. The van der Waals surface area contributed by atoms with Crippen molar-refractivity contribution in [3.05, 3.63) is 34.3 Å². The maximum absolute atomic E-state index is 12.7. The van der Waals surface area contributed by atoms with Gasteiger partial charge in [-0.1, -0.05) is 0 Å². The fraction of sp³-hybridized carbons (Fsp3) is 0.444. The van der Waals surface area contributed by atoms with E-state index in [1.54, 1.807) is 14.2 Å². The lowest BCUT2D eigenvalue weighted by atomic mass is 9.92. The minimum Gasteiger partial charge on any atom is -0.493 e. The van der Waals surface area contributed by atoms with E-state index < -0.39 is 0 Å². The van der Waals surface area contributed by atoms with E-state index in [-0.39, 0.29) is 11.9 Å². The molecule has 0 radical (unpaired) electrons.